The van der Waals surface area contributed by atoms with Crippen molar-refractivity contribution in [2.24, 2.45) is 0 Å². The molecule has 0 aromatic heterocycles. The molecule has 0 aliphatic rings. The topological polar surface area (TPSA) is 55.4 Å². The number of benzene rings is 2. The number of ether oxygens (including phenoxy) is 1. The summed E-state index contributed by atoms with van der Waals surface area (Å²) in [5, 5.41) is 3.01. The first kappa shape index (κ1) is 17.9. The monoisotopic (exact) mass is 349 g/mol. The zero-order valence-electron chi connectivity index (χ0n) is 13.1. The van der Waals surface area contributed by atoms with E-state index in [1.54, 1.807) is 36.4 Å². The maximum absolute atomic E-state index is 12.8. The highest BCUT2D eigenvalue weighted by Gasteiger charge is 2.18. The summed E-state index contributed by atoms with van der Waals surface area (Å²) in [5.41, 5.74) is 1.28. The Balaban J connectivity index is 1.81. The van der Waals surface area contributed by atoms with E-state index in [1.165, 1.54) is 19.1 Å². The highest BCUT2D eigenvalue weighted by molar-refractivity contribution is 6.33. The molecule has 1 N–H and O–H groups in total. The number of para-hydroxylation sites is 1. The third-order valence-corrected chi connectivity index (χ3v) is 3.67. The van der Waals surface area contributed by atoms with Gasteiger partial charge in [0.1, 0.15) is 5.82 Å². The molecule has 0 spiro atoms. The zero-order chi connectivity index (χ0) is 17.5. The van der Waals surface area contributed by atoms with Gasteiger partial charge in [-0.3, -0.25) is 9.59 Å². The largest absolute Gasteiger partial charge is 0.453 e. The Labute approximate surface area is 144 Å². The molecule has 1 amide bonds. The predicted octanol–water partition coefficient (Wildman–Crippen LogP) is 3.98. The second-order valence-corrected chi connectivity index (χ2v) is 5.63. The number of nitrogens with one attached hydrogen (secondary N) is 1. The van der Waals surface area contributed by atoms with Crippen LogP contribution in [0, 0.1) is 5.82 Å². The first-order valence-corrected chi connectivity index (χ1v) is 7.83. The molecular formula is C18H17ClFNO3. The van der Waals surface area contributed by atoms with Gasteiger partial charge in [-0.1, -0.05) is 35.9 Å². The first-order valence-electron chi connectivity index (χ1n) is 7.45. The lowest BCUT2D eigenvalue weighted by atomic mass is 10.1. The van der Waals surface area contributed by atoms with Gasteiger partial charge in [-0.2, -0.15) is 0 Å². The van der Waals surface area contributed by atoms with Crippen molar-refractivity contribution in [1.29, 1.82) is 0 Å². The van der Waals surface area contributed by atoms with Crippen molar-refractivity contribution in [2.45, 2.75) is 25.9 Å². The lowest BCUT2D eigenvalue weighted by Gasteiger charge is -2.14. The number of esters is 1. The number of amides is 1. The molecule has 0 saturated heterocycles. The van der Waals surface area contributed by atoms with E-state index >= 15 is 0 Å². The molecule has 0 saturated carbocycles. The van der Waals surface area contributed by atoms with Crippen LogP contribution >= 0.6 is 11.6 Å². The lowest BCUT2D eigenvalue weighted by Crippen LogP contribution is -2.30. The minimum Gasteiger partial charge on any atom is -0.453 e. The first-order chi connectivity index (χ1) is 11.5. The molecule has 0 fully saturated rings. The van der Waals surface area contributed by atoms with Gasteiger partial charge in [0.05, 0.1) is 10.7 Å². The fraction of sp³-hybridized carbons (Fsp3) is 0.222. The van der Waals surface area contributed by atoms with Gasteiger partial charge in [0.15, 0.2) is 6.10 Å². The van der Waals surface area contributed by atoms with E-state index in [1.807, 2.05) is 0 Å². The van der Waals surface area contributed by atoms with Crippen molar-refractivity contribution < 1.29 is 18.7 Å². The minimum absolute atomic E-state index is 0.106. The molecule has 2 aromatic carbocycles. The van der Waals surface area contributed by atoms with Gasteiger partial charge < -0.3 is 10.1 Å². The molecule has 0 aliphatic carbocycles. The average molecular weight is 350 g/mol. The summed E-state index contributed by atoms with van der Waals surface area (Å²) in [7, 11) is 0. The normalized spacial score (nSPS) is 11.6. The number of hydrogen-bond donors (Lipinski definition) is 1. The van der Waals surface area contributed by atoms with Crippen molar-refractivity contribution in [3.63, 3.8) is 0 Å². The second kappa shape index (κ2) is 8.45. The summed E-state index contributed by atoms with van der Waals surface area (Å²) in [4.78, 5) is 23.8. The van der Waals surface area contributed by atoms with Gasteiger partial charge in [0, 0.05) is 6.42 Å². The fourth-order valence-electron chi connectivity index (χ4n) is 2.00. The van der Waals surface area contributed by atoms with Crippen LogP contribution in [0.2, 0.25) is 5.02 Å². The van der Waals surface area contributed by atoms with Crippen molar-refractivity contribution in [2.75, 3.05) is 5.32 Å². The van der Waals surface area contributed by atoms with Crippen molar-refractivity contribution in [1.82, 2.24) is 0 Å². The molecule has 126 valence electrons. The van der Waals surface area contributed by atoms with Crippen LogP contribution in [0.25, 0.3) is 0 Å². The van der Waals surface area contributed by atoms with E-state index in [-0.39, 0.29) is 12.2 Å². The van der Waals surface area contributed by atoms with E-state index in [4.69, 9.17) is 16.3 Å². The van der Waals surface area contributed by atoms with Gasteiger partial charge in [-0.15, -0.1) is 0 Å². The van der Waals surface area contributed by atoms with Gasteiger partial charge in [0.25, 0.3) is 5.91 Å². The molecular weight excluding hydrogens is 333 g/mol. The molecule has 2 rings (SSSR count). The van der Waals surface area contributed by atoms with Crippen LogP contribution in [-0.2, 0) is 20.7 Å². The van der Waals surface area contributed by atoms with Crippen molar-refractivity contribution >= 4 is 29.2 Å². The number of carbonyl (C=O) groups is 2. The van der Waals surface area contributed by atoms with Crippen LogP contribution in [0.1, 0.15) is 18.9 Å². The summed E-state index contributed by atoms with van der Waals surface area (Å²) in [6.45, 7) is 1.49. The highest BCUT2D eigenvalue weighted by atomic mass is 35.5. The number of anilines is 1. The number of halogens is 2. The van der Waals surface area contributed by atoms with Crippen LogP contribution < -0.4 is 5.32 Å². The molecule has 0 aliphatic heterocycles. The second-order valence-electron chi connectivity index (χ2n) is 5.23. The van der Waals surface area contributed by atoms with Crippen LogP contribution in [0.15, 0.2) is 48.5 Å². The number of hydrogen-bond acceptors (Lipinski definition) is 3. The SMILES string of the molecule is C[C@H](OC(=O)CCc1ccc(F)cc1)C(=O)Nc1ccccc1Cl. The highest BCUT2D eigenvalue weighted by Crippen LogP contribution is 2.20. The maximum atomic E-state index is 12.8. The molecule has 1 atom stereocenters. The maximum Gasteiger partial charge on any atom is 0.306 e. The van der Waals surface area contributed by atoms with E-state index in [0.717, 1.165) is 5.56 Å². The number of rotatable bonds is 6. The van der Waals surface area contributed by atoms with Crippen LogP contribution in [0.5, 0.6) is 0 Å². The van der Waals surface area contributed by atoms with Gasteiger partial charge >= 0.3 is 5.97 Å². The molecule has 0 radical (unpaired) electrons. The molecule has 0 heterocycles. The Hall–Kier alpha value is -2.40. The summed E-state index contributed by atoms with van der Waals surface area (Å²) in [6, 6.07) is 12.7. The molecule has 0 bridgehead atoms. The van der Waals surface area contributed by atoms with E-state index in [2.05, 4.69) is 5.32 Å². The quantitative estimate of drug-likeness (QED) is 0.802. The number of carbonyl (C=O) groups excluding carboxylic acids is 2. The van der Waals surface area contributed by atoms with E-state index in [9.17, 15) is 14.0 Å². The van der Waals surface area contributed by atoms with Crippen molar-refractivity contribution in [3.05, 3.63) is 64.9 Å². The van der Waals surface area contributed by atoms with Crippen LogP contribution in [0.4, 0.5) is 10.1 Å². The Kier molecular flexibility index (Phi) is 6.32. The van der Waals surface area contributed by atoms with Gasteiger partial charge in [0.2, 0.25) is 0 Å². The van der Waals surface area contributed by atoms with Gasteiger partial charge in [-0.25, -0.2) is 4.39 Å². The Bertz CT molecular complexity index is 718. The Morgan fingerprint density at radius 3 is 2.50 bits per heavy atom. The smallest absolute Gasteiger partial charge is 0.306 e. The molecule has 24 heavy (non-hydrogen) atoms. The average Bonchev–Trinajstić information content (AvgIpc) is 2.56. The summed E-state index contributed by atoms with van der Waals surface area (Å²) in [6.07, 6.45) is -0.421. The summed E-state index contributed by atoms with van der Waals surface area (Å²) in [5.74, 6) is -1.29. The third-order valence-electron chi connectivity index (χ3n) is 3.34. The predicted molar refractivity (Wildman–Crippen MR) is 90.4 cm³/mol. The van der Waals surface area contributed by atoms with E-state index < -0.39 is 18.0 Å². The molecule has 0 unspecified atom stereocenters. The van der Waals surface area contributed by atoms with Gasteiger partial charge in [-0.05, 0) is 43.2 Å². The standard InChI is InChI=1S/C18H17ClFNO3/c1-12(18(23)21-16-5-3-2-4-15(16)19)24-17(22)11-8-13-6-9-14(20)10-7-13/h2-7,9-10,12H,8,11H2,1H3,(H,21,23)/t12-/m0/s1. The van der Waals surface area contributed by atoms with Crippen LogP contribution in [-0.4, -0.2) is 18.0 Å². The summed E-state index contributed by atoms with van der Waals surface area (Å²) < 4.78 is 17.9. The van der Waals surface area contributed by atoms with Crippen molar-refractivity contribution in [3.8, 4) is 0 Å². The Morgan fingerprint density at radius 2 is 1.83 bits per heavy atom. The lowest BCUT2D eigenvalue weighted by molar-refractivity contribution is -0.153. The summed E-state index contributed by atoms with van der Waals surface area (Å²) >= 11 is 5.96. The Morgan fingerprint density at radius 1 is 1.17 bits per heavy atom. The fourth-order valence-corrected chi connectivity index (χ4v) is 2.19. The van der Waals surface area contributed by atoms with E-state index in [0.29, 0.717) is 17.1 Å². The van der Waals surface area contributed by atoms with Crippen LogP contribution in [0.3, 0.4) is 0 Å². The third kappa shape index (κ3) is 5.35. The zero-order valence-corrected chi connectivity index (χ0v) is 13.8. The number of aryl methyl sites for hydroxylation is 1. The molecule has 4 nitrogen and oxygen atoms in total. The molecule has 6 heteroatoms. The minimum atomic E-state index is -0.943. The molecule has 2 aromatic rings.